The molecule has 0 bridgehead atoms. The first kappa shape index (κ1) is 17.8. The lowest BCUT2D eigenvalue weighted by atomic mass is 9.82. The van der Waals surface area contributed by atoms with E-state index in [1.165, 1.54) is 12.1 Å². The first-order valence-corrected chi connectivity index (χ1v) is 9.80. The molecule has 5 heteroatoms. The zero-order valence-corrected chi connectivity index (χ0v) is 16.5. The number of halogens is 3. The first-order valence-electron chi connectivity index (χ1n) is 9.05. The van der Waals surface area contributed by atoms with Crippen molar-refractivity contribution in [3.8, 4) is 11.5 Å². The molecule has 1 fully saturated rings. The van der Waals surface area contributed by atoms with E-state index in [1.807, 2.05) is 48.5 Å². The lowest BCUT2D eigenvalue weighted by Crippen LogP contribution is -2.28. The van der Waals surface area contributed by atoms with Crippen LogP contribution in [0.4, 0.5) is 4.39 Å². The Hall–Kier alpha value is -2.23. The number of hydrogen-bond acceptors (Lipinski definition) is 2. The van der Waals surface area contributed by atoms with Gasteiger partial charge in [-0.2, -0.15) is 0 Å². The largest absolute Gasteiger partial charge is 0.497 e. The van der Waals surface area contributed by atoms with Crippen molar-refractivity contribution in [2.75, 3.05) is 7.11 Å². The van der Waals surface area contributed by atoms with Crippen LogP contribution in [0.25, 0.3) is 0 Å². The Balaban J connectivity index is 1.69. The molecule has 5 rings (SSSR count). The molecule has 3 aromatic carbocycles. The van der Waals surface area contributed by atoms with Crippen LogP contribution in [0.1, 0.15) is 22.6 Å². The number of benzene rings is 3. The monoisotopic (exact) mass is 414 g/mol. The van der Waals surface area contributed by atoms with Gasteiger partial charge in [-0.3, -0.25) is 0 Å². The third-order valence-electron chi connectivity index (χ3n) is 5.85. The second-order valence-corrected chi connectivity index (χ2v) is 8.62. The number of ether oxygens (including phenoxy) is 2. The second-order valence-electron chi connectivity index (χ2n) is 7.23. The number of alkyl halides is 2. The van der Waals surface area contributed by atoms with Crippen molar-refractivity contribution in [3.63, 3.8) is 0 Å². The third-order valence-corrected chi connectivity index (χ3v) is 6.88. The van der Waals surface area contributed by atoms with Crippen LogP contribution in [0.3, 0.4) is 0 Å². The number of fused-ring (bicyclic) bond motifs is 2. The minimum absolute atomic E-state index is 0.109. The van der Waals surface area contributed by atoms with Gasteiger partial charge in [0.05, 0.1) is 13.0 Å². The number of hydrogen-bond donors (Lipinski definition) is 0. The summed E-state index contributed by atoms with van der Waals surface area (Å²) in [7, 11) is 1.62. The molecular formula is C23H17Cl2FO2. The normalized spacial score (nSPS) is 26.6. The van der Waals surface area contributed by atoms with Gasteiger partial charge >= 0.3 is 0 Å². The molecule has 0 aromatic heterocycles. The summed E-state index contributed by atoms with van der Waals surface area (Å²) in [6.07, 6.45) is 0. The molecule has 0 radical (unpaired) electrons. The van der Waals surface area contributed by atoms with Crippen LogP contribution < -0.4 is 9.47 Å². The first-order chi connectivity index (χ1) is 13.5. The van der Waals surface area contributed by atoms with E-state index >= 15 is 0 Å². The Kier molecular flexibility index (Phi) is 3.91. The van der Waals surface area contributed by atoms with Gasteiger partial charge in [0.1, 0.15) is 17.3 Å². The van der Waals surface area contributed by atoms with Gasteiger partial charge in [-0.15, -0.1) is 0 Å². The van der Waals surface area contributed by atoms with Gasteiger partial charge in [0.15, 0.2) is 9.93 Å². The van der Waals surface area contributed by atoms with E-state index in [4.69, 9.17) is 32.7 Å². The predicted octanol–water partition coefficient (Wildman–Crippen LogP) is 6.06. The van der Waals surface area contributed by atoms with Crippen molar-refractivity contribution >= 4 is 23.2 Å². The SMILES string of the molecule is COc1ccc([C@]23Oc4ccccc4[C@H](c4ccc(F)cc4)[C@@H]2C3(Cl)Cl)cc1. The van der Waals surface area contributed by atoms with E-state index in [-0.39, 0.29) is 17.7 Å². The standard InChI is InChI=1S/C23H17Cl2FO2/c1-27-17-12-8-15(9-13-17)22-21(23(22,24)25)20(14-6-10-16(26)11-7-14)18-4-2-3-5-19(18)28-22/h2-13,20-21H,1H3/t20-,21-,22-/m0/s1. The molecule has 0 N–H and O–H groups in total. The molecule has 0 saturated heterocycles. The summed E-state index contributed by atoms with van der Waals surface area (Å²) in [5, 5.41) is 0. The average Bonchev–Trinajstić information content (AvgIpc) is 3.23. The van der Waals surface area contributed by atoms with Gasteiger partial charge in [-0.05, 0) is 41.5 Å². The minimum Gasteiger partial charge on any atom is -0.497 e. The lowest BCUT2D eigenvalue weighted by Gasteiger charge is -2.31. The van der Waals surface area contributed by atoms with Gasteiger partial charge in [0.25, 0.3) is 0 Å². The summed E-state index contributed by atoms with van der Waals surface area (Å²) < 4.78 is 24.1. The molecule has 0 spiro atoms. The summed E-state index contributed by atoms with van der Waals surface area (Å²) in [6.45, 7) is 0. The highest BCUT2D eigenvalue weighted by molar-refractivity contribution is 6.52. The number of methoxy groups -OCH3 is 1. The molecule has 1 aliphatic carbocycles. The molecule has 1 saturated carbocycles. The van der Waals surface area contributed by atoms with Crippen molar-refractivity contribution in [1.82, 2.24) is 0 Å². The van der Waals surface area contributed by atoms with Crippen LogP contribution in [0, 0.1) is 11.7 Å². The Bertz CT molecular complexity index is 1030. The van der Waals surface area contributed by atoms with Crippen LogP contribution in [0.15, 0.2) is 72.8 Å². The van der Waals surface area contributed by atoms with Crippen molar-refractivity contribution < 1.29 is 13.9 Å². The van der Waals surface area contributed by atoms with Gasteiger partial charge in [-0.25, -0.2) is 4.39 Å². The predicted molar refractivity (Wildman–Crippen MR) is 108 cm³/mol. The fourth-order valence-electron chi connectivity index (χ4n) is 4.48. The molecule has 0 unspecified atom stereocenters. The number of para-hydroxylation sites is 1. The highest BCUT2D eigenvalue weighted by Gasteiger charge is 2.83. The molecule has 1 aliphatic heterocycles. The van der Waals surface area contributed by atoms with Gasteiger partial charge < -0.3 is 9.47 Å². The van der Waals surface area contributed by atoms with Crippen LogP contribution in [-0.4, -0.2) is 11.4 Å². The summed E-state index contributed by atoms with van der Waals surface area (Å²) in [6, 6.07) is 22.0. The Morgan fingerprint density at radius 1 is 0.929 bits per heavy atom. The average molecular weight is 415 g/mol. The van der Waals surface area contributed by atoms with E-state index in [2.05, 4.69) is 0 Å². The second kappa shape index (κ2) is 6.13. The van der Waals surface area contributed by atoms with Gasteiger partial charge in [0, 0.05) is 11.5 Å². The maximum atomic E-state index is 13.5. The van der Waals surface area contributed by atoms with E-state index in [0.29, 0.717) is 0 Å². The van der Waals surface area contributed by atoms with Crippen LogP contribution in [0.2, 0.25) is 0 Å². The Morgan fingerprint density at radius 2 is 1.61 bits per heavy atom. The number of rotatable bonds is 3. The van der Waals surface area contributed by atoms with E-state index in [0.717, 1.165) is 28.2 Å². The Labute approximate surface area is 172 Å². The van der Waals surface area contributed by atoms with Crippen molar-refractivity contribution in [2.24, 2.45) is 5.92 Å². The van der Waals surface area contributed by atoms with Crippen LogP contribution in [-0.2, 0) is 5.60 Å². The highest BCUT2D eigenvalue weighted by Crippen LogP contribution is 2.77. The molecule has 142 valence electrons. The molecule has 3 aromatic rings. The molecular weight excluding hydrogens is 398 g/mol. The van der Waals surface area contributed by atoms with Crippen LogP contribution >= 0.6 is 23.2 Å². The molecule has 3 atom stereocenters. The summed E-state index contributed by atoms with van der Waals surface area (Å²) in [4.78, 5) is 0. The quantitative estimate of drug-likeness (QED) is 0.485. The van der Waals surface area contributed by atoms with Crippen molar-refractivity contribution in [3.05, 3.63) is 95.3 Å². The maximum absolute atomic E-state index is 13.5. The molecule has 2 aliphatic rings. The van der Waals surface area contributed by atoms with E-state index in [1.54, 1.807) is 19.2 Å². The lowest BCUT2D eigenvalue weighted by molar-refractivity contribution is 0.137. The molecule has 2 nitrogen and oxygen atoms in total. The smallest absolute Gasteiger partial charge is 0.174 e. The van der Waals surface area contributed by atoms with Crippen LogP contribution in [0.5, 0.6) is 11.5 Å². The highest BCUT2D eigenvalue weighted by atomic mass is 35.5. The van der Waals surface area contributed by atoms with Gasteiger partial charge in [0.2, 0.25) is 0 Å². The summed E-state index contributed by atoms with van der Waals surface area (Å²) >= 11 is 13.8. The van der Waals surface area contributed by atoms with Gasteiger partial charge in [-0.1, -0.05) is 65.7 Å². The van der Waals surface area contributed by atoms with Crippen molar-refractivity contribution in [1.29, 1.82) is 0 Å². The minimum atomic E-state index is -1.13. The zero-order chi connectivity index (χ0) is 19.5. The van der Waals surface area contributed by atoms with E-state index in [9.17, 15) is 4.39 Å². The fourth-order valence-corrected chi connectivity index (χ4v) is 5.46. The van der Waals surface area contributed by atoms with Crippen molar-refractivity contribution in [2.45, 2.75) is 15.9 Å². The zero-order valence-electron chi connectivity index (χ0n) is 15.0. The molecule has 0 amide bonds. The summed E-state index contributed by atoms with van der Waals surface area (Å²) in [5.41, 5.74) is 1.98. The fraction of sp³-hybridized carbons (Fsp3) is 0.217. The molecule has 1 heterocycles. The maximum Gasteiger partial charge on any atom is 0.174 e. The van der Waals surface area contributed by atoms with E-state index < -0.39 is 9.93 Å². The topological polar surface area (TPSA) is 18.5 Å². The summed E-state index contributed by atoms with van der Waals surface area (Å²) in [5.74, 6) is 0.898. The Morgan fingerprint density at radius 3 is 2.29 bits per heavy atom. The molecule has 28 heavy (non-hydrogen) atoms. The third kappa shape index (κ3) is 2.33.